The van der Waals surface area contributed by atoms with Crippen LogP contribution < -0.4 is 0 Å². The summed E-state index contributed by atoms with van der Waals surface area (Å²) in [5.74, 6) is -0.931. The third-order valence-electron chi connectivity index (χ3n) is 4.22. The molecule has 0 N–H and O–H groups in total. The number of carbonyl (C=O) groups is 2. The number of nitrogens with zero attached hydrogens (tertiary/aromatic N) is 1. The first-order valence-electron chi connectivity index (χ1n) is 8.44. The lowest BCUT2D eigenvalue weighted by Gasteiger charge is -2.19. The van der Waals surface area contributed by atoms with Gasteiger partial charge in [-0.1, -0.05) is 25.0 Å². The molecule has 1 saturated heterocycles. The highest BCUT2D eigenvalue weighted by atomic mass is 32.1. The van der Waals surface area contributed by atoms with Crippen LogP contribution in [0.2, 0.25) is 0 Å². The Hall–Kier alpha value is -2.21. The number of thiophene rings is 1. The molecule has 4 nitrogen and oxygen atoms in total. The van der Waals surface area contributed by atoms with Crippen molar-refractivity contribution >= 4 is 23.2 Å². The number of esters is 1. The molecule has 0 atom stereocenters. The molecule has 1 aliphatic heterocycles. The summed E-state index contributed by atoms with van der Waals surface area (Å²) in [6.45, 7) is 1.26. The van der Waals surface area contributed by atoms with Crippen molar-refractivity contribution in [3.8, 4) is 10.4 Å². The van der Waals surface area contributed by atoms with Crippen LogP contribution in [0.25, 0.3) is 10.4 Å². The Morgan fingerprint density at radius 2 is 1.68 bits per heavy atom. The van der Waals surface area contributed by atoms with Gasteiger partial charge in [0.25, 0.3) is 5.91 Å². The van der Waals surface area contributed by atoms with E-state index in [1.807, 2.05) is 0 Å². The number of ether oxygens (including phenoxy) is 1. The van der Waals surface area contributed by atoms with Gasteiger partial charge in [0.15, 0.2) is 6.61 Å². The van der Waals surface area contributed by atoms with Gasteiger partial charge >= 0.3 is 5.97 Å². The first-order valence-corrected chi connectivity index (χ1v) is 9.26. The standard InChI is InChI=1S/C19H20FNO3S/c20-15-7-5-14(6-8-15)16-9-10-17(25-16)19(23)24-13-18(22)21-11-3-1-2-4-12-21/h5-10H,1-4,11-13H2. The lowest BCUT2D eigenvalue weighted by atomic mass is 10.2. The highest BCUT2D eigenvalue weighted by Crippen LogP contribution is 2.28. The molecule has 1 fully saturated rings. The maximum absolute atomic E-state index is 13.0. The largest absolute Gasteiger partial charge is 0.451 e. The molecule has 1 aliphatic rings. The van der Waals surface area contributed by atoms with Gasteiger partial charge in [0.05, 0.1) is 0 Å². The van der Waals surface area contributed by atoms with E-state index < -0.39 is 5.97 Å². The molecule has 6 heteroatoms. The zero-order chi connectivity index (χ0) is 17.6. The Bertz CT molecular complexity index is 733. The minimum Gasteiger partial charge on any atom is -0.451 e. The molecule has 3 rings (SSSR count). The normalized spacial score (nSPS) is 14.8. The Morgan fingerprint density at radius 1 is 1.00 bits per heavy atom. The van der Waals surface area contributed by atoms with Gasteiger partial charge in [0, 0.05) is 18.0 Å². The molecule has 0 spiro atoms. The Morgan fingerprint density at radius 3 is 2.36 bits per heavy atom. The summed E-state index contributed by atoms with van der Waals surface area (Å²) in [6.07, 6.45) is 4.30. The molecule has 2 heterocycles. The highest BCUT2D eigenvalue weighted by molar-refractivity contribution is 7.17. The van der Waals surface area contributed by atoms with Crippen LogP contribution in [0.3, 0.4) is 0 Å². The summed E-state index contributed by atoms with van der Waals surface area (Å²) >= 11 is 1.27. The zero-order valence-electron chi connectivity index (χ0n) is 13.9. The molecule has 2 aromatic rings. The molecule has 1 amide bonds. The van der Waals surface area contributed by atoms with Crippen molar-refractivity contribution in [2.75, 3.05) is 19.7 Å². The van der Waals surface area contributed by atoms with Gasteiger partial charge < -0.3 is 9.64 Å². The summed E-state index contributed by atoms with van der Waals surface area (Å²) in [7, 11) is 0. The van der Waals surface area contributed by atoms with E-state index in [0.717, 1.165) is 49.2 Å². The van der Waals surface area contributed by atoms with E-state index in [0.29, 0.717) is 4.88 Å². The molecular formula is C19H20FNO3S. The van der Waals surface area contributed by atoms with E-state index in [1.165, 1.54) is 23.5 Å². The predicted molar refractivity (Wildman–Crippen MR) is 95.0 cm³/mol. The van der Waals surface area contributed by atoms with Crippen molar-refractivity contribution < 1.29 is 18.7 Å². The highest BCUT2D eigenvalue weighted by Gasteiger charge is 2.18. The minimum atomic E-state index is -0.499. The predicted octanol–water partition coefficient (Wildman–Crippen LogP) is 4.11. The van der Waals surface area contributed by atoms with Crippen LogP contribution >= 0.6 is 11.3 Å². The van der Waals surface area contributed by atoms with Gasteiger partial charge in [-0.05, 0) is 42.7 Å². The van der Waals surface area contributed by atoms with E-state index >= 15 is 0 Å². The number of likely N-dealkylation sites (tertiary alicyclic amines) is 1. The summed E-state index contributed by atoms with van der Waals surface area (Å²) < 4.78 is 18.2. The fourth-order valence-corrected chi connectivity index (χ4v) is 3.73. The second-order valence-corrected chi connectivity index (χ2v) is 7.13. The van der Waals surface area contributed by atoms with Crippen LogP contribution in [-0.2, 0) is 9.53 Å². The lowest BCUT2D eigenvalue weighted by molar-refractivity contribution is -0.134. The Balaban J connectivity index is 1.56. The number of hydrogen-bond acceptors (Lipinski definition) is 4. The smallest absolute Gasteiger partial charge is 0.348 e. The van der Waals surface area contributed by atoms with Crippen molar-refractivity contribution in [1.82, 2.24) is 4.90 Å². The number of carbonyl (C=O) groups excluding carboxylic acids is 2. The van der Waals surface area contributed by atoms with E-state index in [9.17, 15) is 14.0 Å². The van der Waals surface area contributed by atoms with Gasteiger partial charge in [-0.3, -0.25) is 4.79 Å². The average molecular weight is 361 g/mol. The second-order valence-electron chi connectivity index (χ2n) is 6.04. The number of hydrogen-bond donors (Lipinski definition) is 0. The summed E-state index contributed by atoms with van der Waals surface area (Å²) in [4.78, 5) is 27.4. The third-order valence-corrected chi connectivity index (χ3v) is 5.34. The van der Waals surface area contributed by atoms with Crippen molar-refractivity contribution in [2.24, 2.45) is 0 Å². The molecular weight excluding hydrogens is 341 g/mol. The van der Waals surface area contributed by atoms with Crippen LogP contribution in [0.4, 0.5) is 4.39 Å². The van der Waals surface area contributed by atoms with Crippen LogP contribution in [0, 0.1) is 5.82 Å². The van der Waals surface area contributed by atoms with Crippen molar-refractivity contribution in [2.45, 2.75) is 25.7 Å². The maximum Gasteiger partial charge on any atom is 0.348 e. The van der Waals surface area contributed by atoms with Crippen LogP contribution in [0.5, 0.6) is 0 Å². The van der Waals surface area contributed by atoms with Gasteiger partial charge in [-0.25, -0.2) is 9.18 Å². The first-order chi connectivity index (χ1) is 12.1. The van der Waals surface area contributed by atoms with E-state index in [-0.39, 0.29) is 18.3 Å². The molecule has 25 heavy (non-hydrogen) atoms. The minimum absolute atomic E-state index is 0.134. The van der Waals surface area contributed by atoms with Gasteiger partial charge in [0.1, 0.15) is 10.7 Å². The Kier molecular flexibility index (Phi) is 5.81. The fourth-order valence-electron chi connectivity index (χ4n) is 2.83. The van der Waals surface area contributed by atoms with Gasteiger partial charge in [0.2, 0.25) is 0 Å². The topological polar surface area (TPSA) is 46.6 Å². The molecule has 0 radical (unpaired) electrons. The maximum atomic E-state index is 13.0. The quantitative estimate of drug-likeness (QED) is 0.770. The molecule has 0 bridgehead atoms. The summed E-state index contributed by atoms with van der Waals surface area (Å²) in [5, 5.41) is 0. The number of halogens is 1. The molecule has 132 valence electrons. The fraction of sp³-hybridized carbons (Fsp3) is 0.368. The molecule has 1 aromatic heterocycles. The summed E-state index contributed by atoms with van der Waals surface area (Å²) in [6, 6.07) is 9.56. The molecule has 0 unspecified atom stereocenters. The summed E-state index contributed by atoms with van der Waals surface area (Å²) in [5.41, 5.74) is 0.839. The van der Waals surface area contributed by atoms with E-state index in [4.69, 9.17) is 4.74 Å². The van der Waals surface area contributed by atoms with Crippen LogP contribution in [0.15, 0.2) is 36.4 Å². The average Bonchev–Trinajstić information content (AvgIpc) is 2.95. The number of amides is 1. The second kappa shape index (κ2) is 8.25. The molecule has 0 saturated carbocycles. The SMILES string of the molecule is O=C(OCC(=O)N1CCCCCC1)c1ccc(-c2ccc(F)cc2)s1. The van der Waals surface area contributed by atoms with Gasteiger partial charge in [-0.15, -0.1) is 11.3 Å². The van der Waals surface area contributed by atoms with Gasteiger partial charge in [-0.2, -0.15) is 0 Å². The van der Waals surface area contributed by atoms with Crippen molar-refractivity contribution in [3.05, 3.63) is 47.1 Å². The Labute approximate surface area is 150 Å². The van der Waals surface area contributed by atoms with E-state index in [1.54, 1.807) is 29.2 Å². The number of benzene rings is 1. The van der Waals surface area contributed by atoms with Crippen LogP contribution in [-0.4, -0.2) is 36.5 Å². The third kappa shape index (κ3) is 4.66. The monoisotopic (exact) mass is 361 g/mol. The molecule has 0 aliphatic carbocycles. The number of rotatable bonds is 4. The van der Waals surface area contributed by atoms with Crippen molar-refractivity contribution in [3.63, 3.8) is 0 Å². The van der Waals surface area contributed by atoms with Crippen molar-refractivity contribution in [1.29, 1.82) is 0 Å². The first kappa shape index (κ1) is 17.6. The van der Waals surface area contributed by atoms with E-state index in [2.05, 4.69) is 0 Å². The van der Waals surface area contributed by atoms with Crippen LogP contribution in [0.1, 0.15) is 35.4 Å². The molecule has 1 aromatic carbocycles. The lowest BCUT2D eigenvalue weighted by Crippen LogP contribution is -2.35. The zero-order valence-corrected chi connectivity index (χ0v) is 14.7.